The van der Waals surface area contributed by atoms with E-state index in [2.05, 4.69) is 5.32 Å². The number of hydrogen-bond acceptors (Lipinski definition) is 4. The lowest BCUT2D eigenvalue weighted by molar-refractivity contribution is -0.140. The number of aryl methyl sites for hydroxylation is 1. The smallest absolute Gasteiger partial charge is 0.264 e. The van der Waals surface area contributed by atoms with E-state index in [9.17, 15) is 18.0 Å². The van der Waals surface area contributed by atoms with Gasteiger partial charge in [0.25, 0.3) is 10.0 Å². The van der Waals surface area contributed by atoms with Gasteiger partial charge in [-0.3, -0.25) is 13.9 Å². The number of rotatable bonds is 13. The summed E-state index contributed by atoms with van der Waals surface area (Å²) in [5.41, 5.74) is 2.88. The fourth-order valence-electron chi connectivity index (χ4n) is 4.51. The molecule has 1 N–H and O–H groups in total. The fourth-order valence-corrected chi connectivity index (χ4v) is 6.39. The second-order valence-corrected chi connectivity index (χ2v) is 13.2. The number of amides is 2. The molecule has 0 bridgehead atoms. The molecule has 0 aliphatic carbocycles. The molecule has 3 aromatic carbocycles. The third-order valence-electron chi connectivity index (χ3n) is 7.03. The minimum atomic E-state index is -4.14. The molecule has 0 saturated heterocycles. The van der Waals surface area contributed by atoms with Gasteiger partial charge in [0.15, 0.2) is 0 Å². The predicted octanol–water partition coefficient (Wildman–Crippen LogP) is 6.95. The quantitative estimate of drug-likeness (QED) is 0.221. The molecule has 42 heavy (non-hydrogen) atoms. The maximum absolute atomic E-state index is 14.2. The van der Waals surface area contributed by atoms with E-state index in [0.29, 0.717) is 34.3 Å². The summed E-state index contributed by atoms with van der Waals surface area (Å²) in [4.78, 5) is 28.9. The van der Waals surface area contributed by atoms with Crippen molar-refractivity contribution >= 4 is 50.7 Å². The van der Waals surface area contributed by atoms with E-state index in [1.165, 1.54) is 17.0 Å². The largest absolute Gasteiger partial charge is 0.354 e. The van der Waals surface area contributed by atoms with Crippen LogP contribution in [0, 0.1) is 6.92 Å². The second-order valence-electron chi connectivity index (χ2n) is 10.5. The summed E-state index contributed by atoms with van der Waals surface area (Å²) in [7, 11) is -4.14. The van der Waals surface area contributed by atoms with Crippen LogP contribution in [0.3, 0.4) is 0 Å². The molecule has 0 spiro atoms. The van der Waals surface area contributed by atoms with Crippen molar-refractivity contribution in [3.8, 4) is 0 Å². The Morgan fingerprint density at radius 3 is 2.12 bits per heavy atom. The third kappa shape index (κ3) is 8.27. The summed E-state index contributed by atoms with van der Waals surface area (Å²) in [6.07, 6.45) is 1.05. The lowest BCUT2D eigenvalue weighted by Gasteiger charge is -2.33. The van der Waals surface area contributed by atoms with Gasteiger partial charge in [-0.15, -0.1) is 0 Å². The van der Waals surface area contributed by atoms with Crippen LogP contribution in [0.25, 0.3) is 0 Å². The molecular formula is C32H39Cl2N3O4S. The van der Waals surface area contributed by atoms with Crippen LogP contribution in [-0.2, 0) is 26.2 Å². The fraction of sp³-hybridized carbons (Fsp3) is 0.375. The molecule has 0 aliphatic rings. The highest BCUT2D eigenvalue weighted by Gasteiger charge is 2.34. The first-order chi connectivity index (χ1) is 19.9. The first-order valence-corrected chi connectivity index (χ1v) is 16.3. The van der Waals surface area contributed by atoms with Crippen molar-refractivity contribution < 1.29 is 18.0 Å². The van der Waals surface area contributed by atoms with Crippen molar-refractivity contribution in [2.45, 2.75) is 70.9 Å². The van der Waals surface area contributed by atoms with E-state index in [0.717, 1.165) is 21.9 Å². The summed E-state index contributed by atoms with van der Waals surface area (Å²) in [5.74, 6) is -0.607. The van der Waals surface area contributed by atoms with Gasteiger partial charge in [-0.2, -0.15) is 0 Å². The summed E-state index contributed by atoms with van der Waals surface area (Å²) in [5, 5.41) is 3.66. The average Bonchev–Trinajstić information content (AvgIpc) is 2.95. The first kappa shape index (κ1) is 33.4. The van der Waals surface area contributed by atoms with Crippen LogP contribution in [0.4, 0.5) is 5.69 Å². The van der Waals surface area contributed by atoms with E-state index in [-0.39, 0.29) is 23.3 Å². The van der Waals surface area contributed by atoms with Gasteiger partial charge in [0.2, 0.25) is 11.8 Å². The summed E-state index contributed by atoms with van der Waals surface area (Å²) < 4.78 is 29.2. The Labute approximate surface area is 259 Å². The van der Waals surface area contributed by atoms with Gasteiger partial charge in [0.1, 0.15) is 12.6 Å². The Morgan fingerprint density at radius 2 is 1.57 bits per heavy atom. The molecule has 0 saturated carbocycles. The average molecular weight is 633 g/mol. The van der Waals surface area contributed by atoms with Gasteiger partial charge >= 0.3 is 0 Å². The van der Waals surface area contributed by atoms with Crippen LogP contribution >= 0.6 is 23.2 Å². The summed E-state index contributed by atoms with van der Waals surface area (Å²) in [6, 6.07) is 17.7. The van der Waals surface area contributed by atoms with Crippen LogP contribution in [0.1, 0.15) is 63.1 Å². The molecule has 1 atom stereocenters. The molecule has 0 fully saturated rings. The standard InChI is InChI=1S/C32H39Cl2N3O4S/c1-6-18-35-32(39)30(7-2)36(20-25-10-13-26(33)19-29(25)34)31(38)21-37(27-14-11-24(12-15-27)22(3)4)42(40,41)28-16-8-23(5)9-17-28/h8-17,19,22,30H,6-7,18,20-21H2,1-5H3,(H,35,39). The van der Waals surface area contributed by atoms with Gasteiger partial charge in [-0.25, -0.2) is 8.42 Å². The van der Waals surface area contributed by atoms with Crippen molar-refractivity contribution in [2.24, 2.45) is 0 Å². The maximum atomic E-state index is 14.2. The van der Waals surface area contributed by atoms with E-state index in [1.807, 2.05) is 46.8 Å². The summed E-state index contributed by atoms with van der Waals surface area (Å²) >= 11 is 12.6. The van der Waals surface area contributed by atoms with Crippen LogP contribution in [0.5, 0.6) is 0 Å². The molecule has 0 radical (unpaired) electrons. The maximum Gasteiger partial charge on any atom is 0.264 e. The highest BCUT2D eigenvalue weighted by atomic mass is 35.5. The zero-order valence-electron chi connectivity index (χ0n) is 24.7. The molecule has 3 aromatic rings. The van der Waals surface area contributed by atoms with Crippen molar-refractivity contribution in [3.63, 3.8) is 0 Å². The normalized spacial score (nSPS) is 12.2. The minimum Gasteiger partial charge on any atom is -0.354 e. The number of anilines is 1. The molecule has 0 aromatic heterocycles. The third-order valence-corrected chi connectivity index (χ3v) is 9.40. The highest BCUT2D eigenvalue weighted by Crippen LogP contribution is 2.28. The Kier molecular flexibility index (Phi) is 11.9. The number of halogens is 2. The zero-order valence-corrected chi connectivity index (χ0v) is 27.1. The van der Waals surface area contributed by atoms with E-state index >= 15 is 0 Å². The molecule has 0 heterocycles. The Hall–Kier alpha value is -3.07. The first-order valence-electron chi connectivity index (χ1n) is 14.1. The van der Waals surface area contributed by atoms with Crippen molar-refractivity contribution in [2.75, 3.05) is 17.4 Å². The molecule has 2 amide bonds. The minimum absolute atomic E-state index is 0.00239. The Morgan fingerprint density at radius 1 is 0.929 bits per heavy atom. The number of nitrogens with one attached hydrogen (secondary N) is 1. The van der Waals surface area contributed by atoms with E-state index in [1.54, 1.807) is 42.5 Å². The molecule has 3 rings (SSSR count). The van der Waals surface area contributed by atoms with Crippen LogP contribution in [0.2, 0.25) is 10.0 Å². The topological polar surface area (TPSA) is 86.8 Å². The highest BCUT2D eigenvalue weighted by molar-refractivity contribution is 7.92. The van der Waals surface area contributed by atoms with Crippen molar-refractivity contribution in [1.29, 1.82) is 0 Å². The molecule has 1 unspecified atom stereocenters. The summed E-state index contributed by atoms with van der Waals surface area (Å²) in [6.45, 7) is 9.66. The Balaban J connectivity index is 2.09. The van der Waals surface area contributed by atoms with Gasteiger partial charge in [0.05, 0.1) is 10.6 Å². The molecule has 0 aliphatic heterocycles. The monoisotopic (exact) mass is 631 g/mol. The molecular weight excluding hydrogens is 593 g/mol. The molecule has 226 valence electrons. The zero-order chi connectivity index (χ0) is 31.0. The van der Waals surface area contributed by atoms with Gasteiger partial charge in [0, 0.05) is 23.1 Å². The number of hydrogen-bond donors (Lipinski definition) is 1. The van der Waals surface area contributed by atoms with Gasteiger partial charge in [-0.1, -0.05) is 86.8 Å². The number of carbonyl (C=O) groups excluding carboxylic acids is 2. The van der Waals surface area contributed by atoms with Gasteiger partial charge in [-0.05, 0) is 73.2 Å². The van der Waals surface area contributed by atoms with Crippen LogP contribution in [-0.4, -0.2) is 44.3 Å². The SMILES string of the molecule is CCCNC(=O)C(CC)N(Cc1ccc(Cl)cc1Cl)C(=O)CN(c1ccc(C(C)C)cc1)S(=O)(=O)c1ccc(C)cc1. The Bertz CT molecular complexity index is 1480. The number of carbonyl (C=O) groups is 2. The van der Waals surface area contributed by atoms with Crippen molar-refractivity contribution in [3.05, 3.63) is 93.5 Å². The van der Waals surface area contributed by atoms with Crippen molar-refractivity contribution in [1.82, 2.24) is 10.2 Å². The van der Waals surface area contributed by atoms with E-state index < -0.39 is 28.5 Å². The number of nitrogens with zero attached hydrogens (tertiary/aromatic N) is 2. The van der Waals surface area contributed by atoms with E-state index in [4.69, 9.17) is 23.2 Å². The lowest BCUT2D eigenvalue weighted by atomic mass is 10.0. The number of benzene rings is 3. The molecule has 7 nitrogen and oxygen atoms in total. The molecule has 10 heteroatoms. The van der Waals surface area contributed by atoms with Crippen LogP contribution < -0.4 is 9.62 Å². The number of sulfonamides is 1. The predicted molar refractivity (Wildman–Crippen MR) is 171 cm³/mol. The lowest BCUT2D eigenvalue weighted by Crippen LogP contribution is -2.52. The van der Waals surface area contributed by atoms with Gasteiger partial charge < -0.3 is 10.2 Å². The second kappa shape index (κ2) is 14.9. The van der Waals surface area contributed by atoms with Crippen LogP contribution in [0.15, 0.2) is 71.6 Å².